The van der Waals surface area contributed by atoms with Gasteiger partial charge in [0.2, 0.25) is 6.79 Å². The number of ether oxygens (including phenoxy) is 2. The highest BCUT2D eigenvalue weighted by Gasteiger charge is 2.43. The van der Waals surface area contributed by atoms with Crippen LogP contribution in [-0.2, 0) is 0 Å². The first-order chi connectivity index (χ1) is 16.6. The van der Waals surface area contributed by atoms with Crippen molar-refractivity contribution < 1.29 is 13.9 Å². The number of benzene rings is 2. The van der Waals surface area contributed by atoms with Crippen LogP contribution in [0.2, 0.25) is 0 Å². The van der Waals surface area contributed by atoms with Gasteiger partial charge in [-0.3, -0.25) is 4.98 Å². The minimum Gasteiger partial charge on any atom is -0.459 e. The summed E-state index contributed by atoms with van der Waals surface area (Å²) >= 11 is 9.48. The molecule has 6 nitrogen and oxygen atoms in total. The fourth-order valence-electron chi connectivity index (χ4n) is 4.43. The average molecular weight is 534 g/mol. The lowest BCUT2D eigenvalue weighted by Crippen LogP contribution is -2.29. The van der Waals surface area contributed by atoms with Crippen molar-refractivity contribution in [2.75, 3.05) is 11.7 Å². The number of thiocarbonyl (C=S) groups is 1. The molecule has 6 rings (SSSR count). The lowest BCUT2D eigenvalue weighted by Gasteiger charge is -2.26. The third-order valence-corrected chi connectivity index (χ3v) is 7.01. The Kier molecular flexibility index (Phi) is 5.27. The number of hydrogen-bond acceptors (Lipinski definition) is 5. The molecule has 0 unspecified atom stereocenters. The smallest absolute Gasteiger partial charge is 0.231 e. The van der Waals surface area contributed by atoms with Gasteiger partial charge in [0, 0.05) is 28.0 Å². The van der Waals surface area contributed by atoms with Crippen molar-refractivity contribution >= 4 is 38.9 Å². The van der Waals surface area contributed by atoms with Crippen LogP contribution in [0, 0.1) is 6.92 Å². The molecule has 1 fully saturated rings. The zero-order valence-corrected chi connectivity index (χ0v) is 20.6. The summed E-state index contributed by atoms with van der Waals surface area (Å²) < 4.78 is 18.6. The number of anilines is 1. The topological polar surface area (TPSA) is 59.8 Å². The van der Waals surface area contributed by atoms with E-state index in [0.29, 0.717) is 10.9 Å². The van der Waals surface area contributed by atoms with Gasteiger partial charge < -0.3 is 24.1 Å². The summed E-state index contributed by atoms with van der Waals surface area (Å²) in [5, 5.41) is 4.05. The number of pyridine rings is 1. The maximum Gasteiger partial charge on any atom is 0.231 e. The number of furan rings is 1. The van der Waals surface area contributed by atoms with Crippen molar-refractivity contribution in [2.24, 2.45) is 0 Å². The highest BCUT2D eigenvalue weighted by Crippen LogP contribution is 2.45. The van der Waals surface area contributed by atoms with E-state index < -0.39 is 0 Å². The number of aryl methyl sites for hydroxylation is 1. The third kappa shape index (κ3) is 3.63. The van der Waals surface area contributed by atoms with E-state index in [1.54, 1.807) is 6.20 Å². The predicted octanol–water partition coefficient (Wildman–Crippen LogP) is 6.32. The van der Waals surface area contributed by atoms with Gasteiger partial charge in [0.05, 0.1) is 11.7 Å². The Balaban J connectivity index is 1.45. The summed E-state index contributed by atoms with van der Waals surface area (Å²) in [6, 6.07) is 21.5. The van der Waals surface area contributed by atoms with E-state index >= 15 is 0 Å². The summed E-state index contributed by atoms with van der Waals surface area (Å²) in [4.78, 5) is 6.66. The first kappa shape index (κ1) is 21.2. The number of nitrogens with one attached hydrogen (secondary N) is 1. The maximum absolute atomic E-state index is 6.46. The number of rotatable bonds is 4. The number of fused-ring (bicyclic) bond motifs is 1. The minimum atomic E-state index is -0.249. The van der Waals surface area contributed by atoms with E-state index in [0.717, 1.165) is 38.7 Å². The van der Waals surface area contributed by atoms with E-state index in [4.69, 9.17) is 26.1 Å². The van der Waals surface area contributed by atoms with Crippen molar-refractivity contribution in [3.8, 4) is 22.8 Å². The lowest BCUT2D eigenvalue weighted by atomic mass is 10.0. The normalized spacial score (nSPS) is 18.9. The van der Waals surface area contributed by atoms with E-state index in [1.165, 1.54) is 5.56 Å². The number of hydrogen-bond donors (Lipinski definition) is 1. The largest absolute Gasteiger partial charge is 0.459 e. The van der Waals surface area contributed by atoms with Gasteiger partial charge in [0.1, 0.15) is 17.6 Å². The number of aromatic nitrogens is 1. The van der Waals surface area contributed by atoms with Gasteiger partial charge in [-0.15, -0.1) is 0 Å². The highest BCUT2D eigenvalue weighted by atomic mass is 79.9. The van der Waals surface area contributed by atoms with Crippen LogP contribution in [0.1, 0.15) is 29.1 Å². The van der Waals surface area contributed by atoms with Crippen molar-refractivity contribution in [3.63, 3.8) is 0 Å². The Morgan fingerprint density at radius 1 is 1.03 bits per heavy atom. The summed E-state index contributed by atoms with van der Waals surface area (Å²) in [5.74, 6) is 2.99. The van der Waals surface area contributed by atoms with Crippen molar-refractivity contribution in [1.29, 1.82) is 0 Å². The van der Waals surface area contributed by atoms with Gasteiger partial charge >= 0.3 is 0 Å². The van der Waals surface area contributed by atoms with Gasteiger partial charge in [-0.1, -0.05) is 28.1 Å². The standard InChI is InChI=1S/C26H20BrN3O3S/c1-15-5-7-17(18(27)12-15)20-9-10-22(33-20)25-24(19-4-2-3-11-28-19)29-26(34)30(25)16-6-8-21-23(13-16)32-14-31-21/h2-13,24-25H,14H2,1H3,(H,29,34)/t24-,25-/m1/s1. The van der Waals surface area contributed by atoms with Gasteiger partial charge in [-0.2, -0.15) is 0 Å². The van der Waals surface area contributed by atoms with E-state index in [2.05, 4.69) is 56.3 Å². The molecule has 4 aromatic rings. The van der Waals surface area contributed by atoms with Crippen LogP contribution in [0.5, 0.6) is 11.5 Å². The lowest BCUT2D eigenvalue weighted by molar-refractivity contribution is 0.174. The third-order valence-electron chi connectivity index (χ3n) is 6.04. The Hall–Kier alpha value is -3.36. The molecule has 0 saturated carbocycles. The summed E-state index contributed by atoms with van der Waals surface area (Å²) in [6.07, 6.45) is 1.79. The first-order valence-corrected chi connectivity index (χ1v) is 12.1. The first-order valence-electron chi connectivity index (χ1n) is 10.8. The molecule has 4 heterocycles. The second kappa shape index (κ2) is 8.45. The fraction of sp³-hybridized carbons (Fsp3) is 0.154. The molecule has 2 aromatic carbocycles. The zero-order chi connectivity index (χ0) is 23.2. The summed E-state index contributed by atoms with van der Waals surface area (Å²) in [5.41, 5.74) is 3.94. The predicted molar refractivity (Wildman–Crippen MR) is 137 cm³/mol. The molecule has 2 aliphatic heterocycles. The van der Waals surface area contributed by atoms with Gasteiger partial charge in [-0.05, 0) is 73.2 Å². The van der Waals surface area contributed by atoms with Gasteiger partial charge in [-0.25, -0.2) is 0 Å². The molecule has 170 valence electrons. The van der Waals surface area contributed by atoms with Crippen LogP contribution < -0.4 is 19.7 Å². The molecular weight excluding hydrogens is 514 g/mol. The van der Waals surface area contributed by atoms with Gasteiger partial charge in [0.15, 0.2) is 16.6 Å². The fourth-order valence-corrected chi connectivity index (χ4v) is 5.47. The molecule has 8 heteroatoms. The molecule has 2 aromatic heterocycles. The van der Waals surface area contributed by atoms with Crippen LogP contribution in [0.25, 0.3) is 11.3 Å². The average Bonchev–Trinajstić information content (AvgIpc) is 3.57. The SMILES string of the molecule is Cc1ccc(-c2ccc([C@@H]3[C@@H](c4ccccn4)NC(=S)N3c3ccc4c(c3)OCO4)o2)c(Br)c1. The number of nitrogens with zero attached hydrogens (tertiary/aromatic N) is 2. The summed E-state index contributed by atoms with van der Waals surface area (Å²) in [6.45, 7) is 2.28. The molecule has 1 saturated heterocycles. The van der Waals surface area contributed by atoms with E-state index in [9.17, 15) is 0 Å². The Labute approximate surface area is 210 Å². The quantitative estimate of drug-likeness (QED) is 0.308. The van der Waals surface area contributed by atoms with E-state index in [1.807, 2.05) is 48.5 Å². The Morgan fingerprint density at radius 2 is 1.91 bits per heavy atom. The monoisotopic (exact) mass is 533 g/mol. The maximum atomic E-state index is 6.46. The second-order valence-corrected chi connectivity index (χ2v) is 9.46. The molecule has 34 heavy (non-hydrogen) atoms. The molecule has 0 aliphatic carbocycles. The Bertz CT molecular complexity index is 1390. The molecule has 0 spiro atoms. The Morgan fingerprint density at radius 3 is 2.74 bits per heavy atom. The molecule has 1 N–H and O–H groups in total. The zero-order valence-electron chi connectivity index (χ0n) is 18.2. The molecule has 0 bridgehead atoms. The van der Waals surface area contributed by atoms with Crippen LogP contribution in [-0.4, -0.2) is 16.9 Å². The molecular formula is C26H20BrN3O3S. The molecule has 0 radical (unpaired) electrons. The minimum absolute atomic E-state index is 0.195. The van der Waals surface area contributed by atoms with Gasteiger partial charge in [0.25, 0.3) is 0 Å². The van der Waals surface area contributed by atoms with Crippen LogP contribution >= 0.6 is 28.1 Å². The number of halogens is 1. The van der Waals surface area contributed by atoms with Crippen molar-refractivity contribution in [1.82, 2.24) is 10.3 Å². The molecule has 2 aliphatic rings. The van der Waals surface area contributed by atoms with Crippen LogP contribution in [0.3, 0.4) is 0 Å². The second-order valence-electron chi connectivity index (χ2n) is 8.22. The van der Waals surface area contributed by atoms with Crippen molar-refractivity contribution in [3.05, 3.63) is 94.4 Å². The summed E-state index contributed by atoms with van der Waals surface area (Å²) in [7, 11) is 0. The highest BCUT2D eigenvalue weighted by molar-refractivity contribution is 9.10. The van der Waals surface area contributed by atoms with Crippen LogP contribution in [0.4, 0.5) is 5.69 Å². The molecule has 0 amide bonds. The van der Waals surface area contributed by atoms with Crippen molar-refractivity contribution in [2.45, 2.75) is 19.0 Å². The molecule has 2 atom stereocenters. The van der Waals surface area contributed by atoms with E-state index in [-0.39, 0.29) is 18.9 Å². The van der Waals surface area contributed by atoms with Crippen LogP contribution in [0.15, 0.2) is 81.8 Å².